The predicted octanol–water partition coefficient (Wildman–Crippen LogP) is -1.36. The zero-order valence-corrected chi connectivity index (χ0v) is 10.8. The molecule has 1 aliphatic rings. The molecule has 0 aromatic carbocycles. The Labute approximate surface area is 108 Å². The maximum absolute atomic E-state index is 10.8. The minimum atomic E-state index is -1.33. The number of thioether (sulfide) groups is 1. The summed E-state index contributed by atoms with van der Waals surface area (Å²) in [6.45, 7) is 0. The van der Waals surface area contributed by atoms with Gasteiger partial charge >= 0.3 is 0 Å². The molecule has 1 amide bonds. The molecule has 6 nitrogen and oxygen atoms in total. The number of hydrogen-bond acceptors (Lipinski definition) is 6. The van der Waals surface area contributed by atoms with Crippen molar-refractivity contribution in [1.29, 1.82) is 0 Å². The van der Waals surface area contributed by atoms with Gasteiger partial charge < -0.3 is 25.8 Å². The third-order valence-corrected chi connectivity index (χ3v) is 3.90. The molecule has 8 heteroatoms. The fourth-order valence-corrected chi connectivity index (χ4v) is 2.50. The van der Waals surface area contributed by atoms with Crippen molar-refractivity contribution >= 4 is 29.3 Å². The highest BCUT2D eigenvalue weighted by Crippen LogP contribution is 2.29. The first kappa shape index (κ1) is 15.0. The fourth-order valence-electron chi connectivity index (χ4n) is 1.63. The van der Waals surface area contributed by atoms with Crippen molar-refractivity contribution in [2.75, 3.05) is 6.26 Å². The minimum Gasteiger partial charge on any atom is -0.388 e. The van der Waals surface area contributed by atoms with Crippen LogP contribution in [0, 0.1) is 0 Å². The van der Waals surface area contributed by atoms with E-state index in [1.165, 1.54) is 11.8 Å². The highest BCUT2D eigenvalue weighted by Gasteiger charge is 2.44. The molecule has 1 rings (SSSR count). The molecular formula is C9H16ClNO5S. The van der Waals surface area contributed by atoms with Crippen LogP contribution >= 0.6 is 23.4 Å². The van der Waals surface area contributed by atoms with Gasteiger partial charge in [0, 0.05) is 6.42 Å². The number of hydrogen-bond donors (Lipinski definition) is 4. The van der Waals surface area contributed by atoms with Gasteiger partial charge in [-0.1, -0.05) is 0 Å². The summed E-state index contributed by atoms with van der Waals surface area (Å²) < 4.78 is 5.36. The molecule has 6 atom stereocenters. The Balaban J connectivity index is 2.68. The Hall–Kier alpha value is -0.0500. The summed E-state index contributed by atoms with van der Waals surface area (Å²) in [4.78, 5) is 10.8. The van der Waals surface area contributed by atoms with Gasteiger partial charge in [-0.15, -0.1) is 23.4 Å². The van der Waals surface area contributed by atoms with Crippen molar-refractivity contribution in [3.63, 3.8) is 0 Å². The summed E-state index contributed by atoms with van der Waals surface area (Å²) in [6.07, 6.45) is -2.96. The largest absolute Gasteiger partial charge is 0.388 e. The fraction of sp³-hybridized carbons (Fsp3) is 0.889. The molecular weight excluding hydrogens is 270 g/mol. The number of nitrogens with two attached hydrogens (primary N) is 1. The molecule has 1 saturated heterocycles. The average molecular weight is 286 g/mol. The summed E-state index contributed by atoms with van der Waals surface area (Å²) in [5, 5.41) is 27.9. The number of aliphatic hydroxyl groups is 3. The van der Waals surface area contributed by atoms with Crippen molar-refractivity contribution < 1.29 is 24.9 Å². The average Bonchev–Trinajstić information content (AvgIpc) is 2.29. The SMILES string of the molecule is CSC1OC(CC(Cl)C(N)=O)C(O)C(O)C1O. The van der Waals surface area contributed by atoms with Gasteiger partial charge in [-0.2, -0.15) is 0 Å². The van der Waals surface area contributed by atoms with Crippen LogP contribution in [0.25, 0.3) is 0 Å². The van der Waals surface area contributed by atoms with Gasteiger partial charge in [0.1, 0.15) is 29.1 Å². The van der Waals surface area contributed by atoms with Gasteiger partial charge in [0.25, 0.3) is 0 Å². The Morgan fingerprint density at radius 1 is 1.41 bits per heavy atom. The summed E-state index contributed by atoms with van der Waals surface area (Å²) in [5.41, 5.74) is 4.33. The first-order chi connectivity index (χ1) is 7.88. The van der Waals surface area contributed by atoms with Gasteiger partial charge in [0.2, 0.25) is 5.91 Å². The highest BCUT2D eigenvalue weighted by atomic mass is 35.5. The summed E-state index contributed by atoms with van der Waals surface area (Å²) >= 11 is 6.87. The first-order valence-corrected chi connectivity index (χ1v) is 6.76. The molecule has 1 aliphatic heterocycles. The van der Waals surface area contributed by atoms with Crippen LogP contribution in [0.3, 0.4) is 0 Å². The van der Waals surface area contributed by atoms with E-state index in [9.17, 15) is 20.1 Å². The number of aliphatic hydroxyl groups excluding tert-OH is 3. The Morgan fingerprint density at radius 3 is 2.47 bits per heavy atom. The Kier molecular flexibility index (Phi) is 5.49. The summed E-state index contributed by atoms with van der Waals surface area (Å²) in [6, 6.07) is 0. The topological polar surface area (TPSA) is 113 Å². The van der Waals surface area contributed by atoms with Crippen molar-refractivity contribution in [3.8, 4) is 0 Å². The maximum Gasteiger partial charge on any atom is 0.235 e. The summed E-state index contributed by atoms with van der Waals surface area (Å²) in [5.74, 6) is -0.719. The van der Waals surface area contributed by atoms with E-state index >= 15 is 0 Å². The lowest BCUT2D eigenvalue weighted by Crippen LogP contribution is -2.57. The van der Waals surface area contributed by atoms with Crippen LogP contribution in [0.1, 0.15) is 6.42 Å². The third-order valence-electron chi connectivity index (χ3n) is 2.65. The Bertz CT molecular complexity index is 280. The predicted molar refractivity (Wildman–Crippen MR) is 63.6 cm³/mol. The molecule has 0 aromatic heterocycles. The molecule has 17 heavy (non-hydrogen) atoms. The van der Waals surface area contributed by atoms with Crippen LogP contribution in [0.15, 0.2) is 0 Å². The molecule has 0 aliphatic carbocycles. The van der Waals surface area contributed by atoms with Crippen molar-refractivity contribution in [1.82, 2.24) is 0 Å². The Morgan fingerprint density at radius 2 is 2.00 bits per heavy atom. The number of carbonyl (C=O) groups excluding carboxylic acids is 1. The van der Waals surface area contributed by atoms with Crippen molar-refractivity contribution in [2.24, 2.45) is 5.73 Å². The maximum atomic E-state index is 10.8. The van der Waals surface area contributed by atoms with Crippen LogP contribution in [0.5, 0.6) is 0 Å². The smallest absolute Gasteiger partial charge is 0.235 e. The second-order valence-corrected chi connectivity index (χ2v) is 5.32. The van der Waals surface area contributed by atoms with E-state index in [0.717, 1.165) is 0 Å². The van der Waals surface area contributed by atoms with Crippen molar-refractivity contribution in [2.45, 2.75) is 41.6 Å². The molecule has 0 bridgehead atoms. The van der Waals surface area contributed by atoms with Crippen molar-refractivity contribution in [3.05, 3.63) is 0 Å². The van der Waals surface area contributed by atoms with E-state index < -0.39 is 41.1 Å². The number of carbonyl (C=O) groups is 1. The van der Waals surface area contributed by atoms with E-state index in [4.69, 9.17) is 22.1 Å². The second kappa shape index (κ2) is 6.21. The van der Waals surface area contributed by atoms with E-state index in [-0.39, 0.29) is 6.42 Å². The van der Waals surface area contributed by atoms with Crippen LogP contribution in [0.2, 0.25) is 0 Å². The normalized spacial score (nSPS) is 39.9. The molecule has 0 aromatic rings. The molecule has 1 heterocycles. The number of amides is 1. The molecule has 5 N–H and O–H groups in total. The minimum absolute atomic E-state index is 0.0150. The van der Waals surface area contributed by atoms with Gasteiger partial charge in [0.15, 0.2) is 0 Å². The molecule has 6 unspecified atom stereocenters. The number of rotatable bonds is 4. The highest BCUT2D eigenvalue weighted by molar-refractivity contribution is 7.99. The lowest BCUT2D eigenvalue weighted by atomic mass is 9.96. The second-order valence-electron chi connectivity index (χ2n) is 3.86. The van der Waals surface area contributed by atoms with Gasteiger partial charge in [-0.05, 0) is 6.26 Å². The quantitative estimate of drug-likeness (QED) is 0.475. The lowest BCUT2D eigenvalue weighted by molar-refractivity contribution is -0.199. The zero-order valence-electron chi connectivity index (χ0n) is 9.19. The van der Waals surface area contributed by atoms with Gasteiger partial charge in [-0.25, -0.2) is 0 Å². The van der Waals surface area contributed by atoms with Crippen LogP contribution in [-0.4, -0.2) is 62.7 Å². The van der Waals surface area contributed by atoms with E-state index in [1.807, 2.05) is 0 Å². The monoisotopic (exact) mass is 285 g/mol. The van der Waals surface area contributed by atoms with E-state index in [0.29, 0.717) is 0 Å². The van der Waals surface area contributed by atoms with Gasteiger partial charge in [0.05, 0.1) is 6.10 Å². The molecule has 0 radical (unpaired) electrons. The first-order valence-electron chi connectivity index (χ1n) is 5.04. The standard InChI is InChI=1S/C9H16ClNO5S/c1-17-9-7(14)6(13)5(12)4(16-9)2-3(10)8(11)15/h3-7,9,12-14H,2H2,1H3,(H2,11,15). The van der Waals surface area contributed by atoms with Crippen LogP contribution in [0.4, 0.5) is 0 Å². The zero-order chi connectivity index (χ0) is 13.2. The summed E-state index contributed by atoms with van der Waals surface area (Å²) in [7, 11) is 0. The third kappa shape index (κ3) is 3.46. The molecule has 100 valence electrons. The van der Waals surface area contributed by atoms with Crippen LogP contribution in [-0.2, 0) is 9.53 Å². The molecule has 0 saturated carbocycles. The van der Waals surface area contributed by atoms with E-state index in [1.54, 1.807) is 6.26 Å². The van der Waals surface area contributed by atoms with Gasteiger partial charge in [-0.3, -0.25) is 4.79 Å². The number of ether oxygens (including phenoxy) is 1. The van der Waals surface area contributed by atoms with Crippen LogP contribution < -0.4 is 5.73 Å². The number of halogens is 1. The molecule has 1 fully saturated rings. The molecule has 0 spiro atoms. The number of primary amides is 1. The lowest BCUT2D eigenvalue weighted by Gasteiger charge is -2.40. The number of alkyl halides is 1. The van der Waals surface area contributed by atoms with E-state index in [2.05, 4.69) is 0 Å².